The molecule has 5 aromatic rings. The van der Waals surface area contributed by atoms with Crippen molar-refractivity contribution in [2.24, 2.45) is 0 Å². The number of hydrogen-bond donors (Lipinski definition) is 0. The molecule has 42 heavy (non-hydrogen) atoms. The van der Waals surface area contributed by atoms with E-state index in [2.05, 4.69) is 15.9 Å². The topological polar surface area (TPSA) is 74.8 Å². The summed E-state index contributed by atoms with van der Waals surface area (Å²) in [5.74, 6) is -1.03. The van der Waals surface area contributed by atoms with Crippen molar-refractivity contribution >= 4 is 82.6 Å². The molecule has 0 fully saturated rings. The van der Waals surface area contributed by atoms with Crippen LogP contribution < -0.4 is 0 Å². The largest absolute Gasteiger partial charge is 0.271 e. The van der Waals surface area contributed by atoms with Crippen molar-refractivity contribution in [3.63, 3.8) is 0 Å². The Hall–Kier alpha value is -3.84. The van der Waals surface area contributed by atoms with E-state index in [1.165, 1.54) is 9.80 Å². The van der Waals surface area contributed by atoms with Gasteiger partial charge in [0.05, 0.1) is 0 Å². The number of imide groups is 2. The van der Waals surface area contributed by atoms with Crippen molar-refractivity contribution < 1.29 is 19.2 Å². The lowest BCUT2D eigenvalue weighted by Crippen LogP contribution is -2.46. The molecule has 2 heterocycles. The van der Waals surface area contributed by atoms with Crippen LogP contribution >= 0.6 is 15.9 Å². The van der Waals surface area contributed by atoms with E-state index in [0.717, 1.165) is 42.4 Å². The molecule has 2 aliphatic heterocycles. The van der Waals surface area contributed by atoms with Gasteiger partial charge in [0.25, 0.3) is 23.6 Å². The number of rotatable bonds is 6. The first-order chi connectivity index (χ1) is 20.2. The van der Waals surface area contributed by atoms with Gasteiger partial charge in [0, 0.05) is 60.4 Å². The number of hydrogen-bond acceptors (Lipinski definition) is 4. The molecule has 0 aromatic heterocycles. The van der Waals surface area contributed by atoms with E-state index in [9.17, 15) is 19.2 Å². The zero-order valence-electron chi connectivity index (χ0n) is 24.4. The molecule has 0 unspecified atom stereocenters. The van der Waals surface area contributed by atoms with Gasteiger partial charge >= 0.3 is 0 Å². The van der Waals surface area contributed by atoms with E-state index in [1.54, 1.807) is 0 Å². The molecular weight excluding hydrogens is 592 g/mol. The molecule has 4 amide bonds. The van der Waals surface area contributed by atoms with Crippen LogP contribution in [0.25, 0.3) is 43.1 Å². The van der Waals surface area contributed by atoms with Crippen LogP contribution in [0.5, 0.6) is 0 Å². The summed E-state index contributed by atoms with van der Waals surface area (Å²) in [5, 5.41) is 6.68. The van der Waals surface area contributed by atoms with Gasteiger partial charge in [-0.25, -0.2) is 0 Å². The number of carbonyl (C=O) groups is 4. The number of carbonyl (C=O) groups excluding carboxylic acids is 4. The average Bonchev–Trinajstić information content (AvgIpc) is 2.99. The number of aryl methyl sites for hydroxylation is 1. The Kier molecular flexibility index (Phi) is 6.00. The third kappa shape index (κ3) is 3.20. The fraction of sp³-hybridized carbons (Fsp3) is 0.314. The van der Waals surface area contributed by atoms with Crippen molar-refractivity contribution in [2.75, 3.05) is 0 Å². The zero-order chi connectivity index (χ0) is 29.8. The van der Waals surface area contributed by atoms with Crippen LogP contribution in [-0.2, 0) is 0 Å². The summed E-state index contributed by atoms with van der Waals surface area (Å²) < 4.78 is 0.742. The summed E-state index contributed by atoms with van der Waals surface area (Å²) in [4.78, 5) is 58.4. The van der Waals surface area contributed by atoms with Crippen LogP contribution in [0.2, 0.25) is 0 Å². The Bertz CT molecular complexity index is 1910. The molecule has 7 rings (SSSR count). The third-order valence-electron chi connectivity index (χ3n) is 9.67. The van der Waals surface area contributed by atoms with Crippen LogP contribution in [0.4, 0.5) is 0 Å². The quantitative estimate of drug-likeness (QED) is 0.108. The van der Waals surface area contributed by atoms with Gasteiger partial charge in [-0.3, -0.25) is 29.0 Å². The summed E-state index contributed by atoms with van der Waals surface area (Å²) in [7, 11) is 0. The molecule has 0 bridgehead atoms. The molecule has 5 aromatic carbocycles. The summed E-state index contributed by atoms with van der Waals surface area (Å²) in [6.07, 6.45) is 2.77. The van der Waals surface area contributed by atoms with Crippen LogP contribution in [0.3, 0.4) is 0 Å². The molecule has 0 aliphatic carbocycles. The van der Waals surface area contributed by atoms with E-state index in [4.69, 9.17) is 0 Å². The highest BCUT2D eigenvalue weighted by molar-refractivity contribution is 9.10. The van der Waals surface area contributed by atoms with Crippen molar-refractivity contribution in [2.45, 2.75) is 72.4 Å². The Balaban J connectivity index is 1.62. The summed E-state index contributed by atoms with van der Waals surface area (Å²) in [6.45, 7) is 9.99. The molecule has 0 N–H and O–H groups in total. The number of benzene rings is 5. The van der Waals surface area contributed by atoms with E-state index in [-0.39, 0.29) is 35.7 Å². The van der Waals surface area contributed by atoms with E-state index in [1.807, 2.05) is 71.0 Å². The zero-order valence-corrected chi connectivity index (χ0v) is 25.9. The highest BCUT2D eigenvalue weighted by Crippen LogP contribution is 2.49. The Labute approximate surface area is 252 Å². The first-order valence-corrected chi connectivity index (χ1v) is 15.6. The highest BCUT2D eigenvalue weighted by atomic mass is 79.9. The summed E-state index contributed by atoms with van der Waals surface area (Å²) in [6, 6.07) is 11.0. The Morgan fingerprint density at radius 1 is 0.548 bits per heavy atom. The molecular formula is C35H31BrN2O4. The van der Waals surface area contributed by atoms with Gasteiger partial charge in [-0.1, -0.05) is 55.8 Å². The second kappa shape index (κ2) is 9.33. The van der Waals surface area contributed by atoms with Crippen molar-refractivity contribution in [3.8, 4) is 0 Å². The number of fused-ring (bicyclic) bond motifs is 2. The van der Waals surface area contributed by atoms with Crippen molar-refractivity contribution in [1.82, 2.24) is 9.80 Å². The Morgan fingerprint density at radius 3 is 1.43 bits per heavy atom. The van der Waals surface area contributed by atoms with Gasteiger partial charge in [-0.05, 0) is 84.0 Å². The number of halogens is 1. The number of nitrogens with zero attached hydrogens (tertiary/aromatic N) is 2. The van der Waals surface area contributed by atoms with Crippen LogP contribution in [0.1, 0.15) is 100 Å². The van der Waals surface area contributed by atoms with E-state index in [0.29, 0.717) is 58.7 Å². The average molecular weight is 624 g/mol. The van der Waals surface area contributed by atoms with Crippen LogP contribution in [0.15, 0.2) is 40.9 Å². The van der Waals surface area contributed by atoms with Gasteiger partial charge < -0.3 is 0 Å². The second-order valence-corrected chi connectivity index (χ2v) is 12.5. The molecule has 0 saturated carbocycles. The van der Waals surface area contributed by atoms with Gasteiger partial charge in [-0.2, -0.15) is 0 Å². The SMILES string of the molecule is CCC(CC)N1C(=O)c2ccc3c4c(Br)cc5c6c(ccc(c7c(C)cc(c2c37)C1=O)c64)C(=O)N(C(CC)CC)C5=O. The van der Waals surface area contributed by atoms with Gasteiger partial charge in [-0.15, -0.1) is 0 Å². The Morgan fingerprint density at radius 2 is 0.952 bits per heavy atom. The number of amides is 4. The van der Waals surface area contributed by atoms with E-state index >= 15 is 0 Å². The van der Waals surface area contributed by atoms with Gasteiger partial charge in [0.1, 0.15) is 0 Å². The lowest BCUT2D eigenvalue weighted by atomic mass is 9.80. The minimum absolute atomic E-state index is 0.165. The van der Waals surface area contributed by atoms with Gasteiger partial charge in [0.2, 0.25) is 0 Å². The molecule has 2 aliphatic rings. The molecule has 0 spiro atoms. The molecule has 6 nitrogen and oxygen atoms in total. The van der Waals surface area contributed by atoms with Crippen LogP contribution in [-0.4, -0.2) is 45.5 Å². The summed E-state index contributed by atoms with van der Waals surface area (Å²) >= 11 is 3.80. The standard InChI is InChI=1S/C35H31BrN2O4/c1-6-17(7-2)37-32(39)21-13-11-20-29-25(36)15-24-28-22(33(40)38(35(24)42)18(8-3)9-4)12-10-19(31(28)29)26-16(5)14-23(34(37)41)27(21)30(20)26/h10-15,17-18H,6-9H2,1-5H3. The third-order valence-corrected chi connectivity index (χ3v) is 10.3. The monoisotopic (exact) mass is 622 g/mol. The lowest BCUT2D eigenvalue weighted by molar-refractivity contribution is 0.0514. The molecule has 0 radical (unpaired) electrons. The lowest BCUT2D eigenvalue weighted by Gasteiger charge is -2.35. The normalized spacial score (nSPS) is 15.3. The summed E-state index contributed by atoms with van der Waals surface area (Å²) in [5.41, 5.74) is 3.04. The highest BCUT2D eigenvalue weighted by Gasteiger charge is 2.40. The fourth-order valence-corrected chi connectivity index (χ4v) is 8.27. The molecule has 0 atom stereocenters. The maximum Gasteiger partial charge on any atom is 0.261 e. The molecule has 7 heteroatoms. The minimum Gasteiger partial charge on any atom is -0.271 e. The predicted octanol–water partition coefficient (Wildman–Crippen LogP) is 8.38. The van der Waals surface area contributed by atoms with Gasteiger partial charge in [0.15, 0.2) is 0 Å². The fourth-order valence-electron chi connectivity index (χ4n) is 7.63. The van der Waals surface area contributed by atoms with Crippen LogP contribution in [0, 0.1) is 6.92 Å². The smallest absolute Gasteiger partial charge is 0.261 e. The maximum absolute atomic E-state index is 13.9. The first-order valence-electron chi connectivity index (χ1n) is 14.9. The first kappa shape index (κ1) is 27.0. The minimum atomic E-state index is -0.268. The van der Waals surface area contributed by atoms with E-state index < -0.39 is 0 Å². The maximum atomic E-state index is 13.9. The molecule has 212 valence electrons. The predicted molar refractivity (Wildman–Crippen MR) is 170 cm³/mol. The van der Waals surface area contributed by atoms with Crippen molar-refractivity contribution in [3.05, 3.63) is 68.7 Å². The second-order valence-electron chi connectivity index (χ2n) is 11.6. The molecule has 0 saturated heterocycles. The van der Waals surface area contributed by atoms with Crippen molar-refractivity contribution in [1.29, 1.82) is 0 Å².